The van der Waals surface area contributed by atoms with Crippen LogP contribution in [0.25, 0.3) is 10.9 Å². The van der Waals surface area contributed by atoms with Crippen molar-refractivity contribution in [1.82, 2.24) is 15.3 Å². The maximum Gasteiger partial charge on any atom is 0.225 e. The number of nitrogens with one attached hydrogen (secondary N) is 2. The fourth-order valence-corrected chi connectivity index (χ4v) is 2.36. The lowest BCUT2D eigenvalue weighted by atomic mass is 9.95. The first-order chi connectivity index (χ1) is 10.6. The van der Waals surface area contributed by atoms with E-state index >= 15 is 0 Å². The fourth-order valence-electron chi connectivity index (χ4n) is 1.98. The number of fused-ring (bicyclic) bond motifs is 1. The Hall–Kier alpha value is -1.69. The van der Waals surface area contributed by atoms with E-state index in [1.54, 1.807) is 6.20 Å². The monoisotopic (exact) mass is 378 g/mol. The van der Waals surface area contributed by atoms with E-state index in [4.69, 9.17) is 0 Å². The molecule has 0 fully saturated rings. The smallest absolute Gasteiger partial charge is 0.225 e. The highest BCUT2D eigenvalue weighted by molar-refractivity contribution is 9.10. The van der Waals surface area contributed by atoms with Crippen LogP contribution in [0.3, 0.4) is 0 Å². The molecule has 1 heterocycles. The Morgan fingerprint density at radius 1 is 1.22 bits per heavy atom. The average Bonchev–Trinajstić information content (AvgIpc) is 2.43. The Morgan fingerprint density at radius 3 is 2.57 bits per heavy atom. The number of halogens is 1. The molecule has 1 amide bonds. The summed E-state index contributed by atoms with van der Waals surface area (Å²) >= 11 is 3.44. The first-order valence-electron chi connectivity index (χ1n) is 7.56. The Morgan fingerprint density at radius 2 is 1.91 bits per heavy atom. The van der Waals surface area contributed by atoms with Gasteiger partial charge in [-0.25, -0.2) is 9.97 Å². The molecule has 6 heteroatoms. The van der Waals surface area contributed by atoms with Gasteiger partial charge in [0.2, 0.25) is 11.9 Å². The van der Waals surface area contributed by atoms with Crippen LogP contribution >= 0.6 is 15.9 Å². The van der Waals surface area contributed by atoms with Crippen molar-refractivity contribution in [3.8, 4) is 0 Å². The Balaban J connectivity index is 2.08. The van der Waals surface area contributed by atoms with Crippen LogP contribution in [0.4, 0.5) is 5.95 Å². The fraction of sp³-hybridized carbons (Fsp3) is 0.471. The second-order valence-corrected chi connectivity index (χ2v) is 8.25. The summed E-state index contributed by atoms with van der Waals surface area (Å²) in [5.41, 5.74) is 0.118. The molecule has 2 rings (SSSR count). The van der Waals surface area contributed by atoms with Gasteiger partial charge in [0, 0.05) is 28.0 Å². The predicted octanol–water partition coefficient (Wildman–Crippen LogP) is 3.75. The van der Waals surface area contributed by atoms with Gasteiger partial charge in [0.1, 0.15) is 0 Å². The number of carbonyl (C=O) groups is 1. The summed E-state index contributed by atoms with van der Waals surface area (Å²) in [5.74, 6) is 0.575. The highest BCUT2D eigenvalue weighted by atomic mass is 79.9. The van der Waals surface area contributed by atoms with Crippen molar-refractivity contribution in [2.24, 2.45) is 5.41 Å². The zero-order valence-electron chi connectivity index (χ0n) is 14.2. The minimum Gasteiger partial charge on any atom is -0.353 e. The summed E-state index contributed by atoms with van der Waals surface area (Å²) in [6.45, 7) is 10.2. The molecule has 2 N–H and O–H groups in total. The molecule has 0 aliphatic heterocycles. The van der Waals surface area contributed by atoms with Crippen LogP contribution < -0.4 is 10.6 Å². The number of carbonyl (C=O) groups excluding carboxylic acids is 1. The lowest BCUT2D eigenvalue weighted by Crippen LogP contribution is -2.47. The summed E-state index contributed by atoms with van der Waals surface area (Å²) in [6, 6.07) is 5.88. The number of nitrogens with zero attached hydrogens (tertiary/aromatic N) is 2. The number of amides is 1. The number of hydrogen-bond acceptors (Lipinski definition) is 4. The van der Waals surface area contributed by atoms with E-state index in [1.807, 2.05) is 52.8 Å². The molecular weight excluding hydrogens is 356 g/mol. The number of rotatable bonds is 4. The van der Waals surface area contributed by atoms with E-state index in [0.717, 1.165) is 15.4 Å². The van der Waals surface area contributed by atoms with Crippen LogP contribution in [0.15, 0.2) is 28.9 Å². The molecule has 0 saturated heterocycles. The van der Waals surface area contributed by atoms with Gasteiger partial charge in [0.15, 0.2) is 0 Å². The van der Waals surface area contributed by atoms with Crippen molar-refractivity contribution < 1.29 is 4.79 Å². The minimum absolute atomic E-state index is 0.0247. The summed E-state index contributed by atoms with van der Waals surface area (Å²) in [4.78, 5) is 20.9. The van der Waals surface area contributed by atoms with Crippen LogP contribution in [-0.4, -0.2) is 28.0 Å². The van der Waals surface area contributed by atoms with Gasteiger partial charge in [0.05, 0.1) is 11.1 Å². The SMILES string of the molecule is CC(C)(CNC(=O)C(C)(C)C)Nc1ncc2cc(Br)ccc2n1. The molecule has 0 atom stereocenters. The maximum absolute atomic E-state index is 12.0. The molecule has 0 bridgehead atoms. The van der Waals surface area contributed by atoms with Gasteiger partial charge < -0.3 is 10.6 Å². The first kappa shape index (κ1) is 17.7. The van der Waals surface area contributed by atoms with Gasteiger partial charge >= 0.3 is 0 Å². The van der Waals surface area contributed by atoms with Crippen molar-refractivity contribution >= 4 is 38.7 Å². The summed E-state index contributed by atoms with van der Waals surface area (Å²) in [7, 11) is 0. The van der Waals surface area contributed by atoms with Crippen molar-refractivity contribution in [2.45, 2.75) is 40.2 Å². The molecular formula is C17H23BrN4O. The molecule has 23 heavy (non-hydrogen) atoms. The second kappa shape index (κ2) is 6.43. The molecule has 5 nitrogen and oxygen atoms in total. The average molecular weight is 379 g/mol. The zero-order valence-corrected chi connectivity index (χ0v) is 15.8. The molecule has 0 saturated carbocycles. The van der Waals surface area contributed by atoms with Crippen LogP contribution in [0.1, 0.15) is 34.6 Å². The molecule has 0 spiro atoms. The zero-order chi connectivity index (χ0) is 17.3. The Labute approximate surface area is 145 Å². The summed E-state index contributed by atoms with van der Waals surface area (Å²) in [5, 5.41) is 7.22. The second-order valence-electron chi connectivity index (χ2n) is 7.34. The number of hydrogen-bond donors (Lipinski definition) is 2. The van der Waals surface area contributed by atoms with E-state index < -0.39 is 5.41 Å². The molecule has 124 valence electrons. The largest absolute Gasteiger partial charge is 0.353 e. The molecule has 0 radical (unpaired) electrons. The predicted molar refractivity (Wildman–Crippen MR) is 97.4 cm³/mol. The van der Waals surface area contributed by atoms with Crippen molar-refractivity contribution in [3.05, 3.63) is 28.9 Å². The molecule has 1 aromatic carbocycles. The quantitative estimate of drug-likeness (QED) is 0.849. The number of anilines is 1. The Kier molecular flexibility index (Phi) is 4.94. The van der Waals surface area contributed by atoms with E-state index in [-0.39, 0.29) is 11.4 Å². The minimum atomic E-state index is -0.400. The highest BCUT2D eigenvalue weighted by Crippen LogP contribution is 2.20. The molecule has 0 unspecified atom stereocenters. The van der Waals surface area contributed by atoms with Crippen LogP contribution in [0.2, 0.25) is 0 Å². The van der Waals surface area contributed by atoms with E-state index in [9.17, 15) is 4.79 Å². The van der Waals surface area contributed by atoms with Gasteiger partial charge in [-0.05, 0) is 32.0 Å². The maximum atomic E-state index is 12.0. The molecule has 0 aliphatic carbocycles. The van der Waals surface area contributed by atoms with Gasteiger partial charge in [-0.15, -0.1) is 0 Å². The van der Waals surface area contributed by atoms with Crippen molar-refractivity contribution in [3.63, 3.8) is 0 Å². The van der Waals surface area contributed by atoms with Crippen molar-refractivity contribution in [2.75, 3.05) is 11.9 Å². The van der Waals surface area contributed by atoms with Crippen LogP contribution in [0.5, 0.6) is 0 Å². The lowest BCUT2D eigenvalue weighted by molar-refractivity contribution is -0.128. The van der Waals surface area contributed by atoms with Gasteiger partial charge in [0.25, 0.3) is 0 Å². The normalized spacial score (nSPS) is 12.3. The third-order valence-corrected chi connectivity index (χ3v) is 3.86. The van der Waals surface area contributed by atoms with E-state index in [2.05, 4.69) is 36.5 Å². The third-order valence-electron chi connectivity index (χ3n) is 3.36. The summed E-state index contributed by atoms with van der Waals surface area (Å²) in [6.07, 6.45) is 1.79. The Bertz CT molecular complexity index is 722. The van der Waals surface area contributed by atoms with Crippen molar-refractivity contribution in [1.29, 1.82) is 0 Å². The molecule has 1 aromatic heterocycles. The van der Waals surface area contributed by atoms with E-state index in [0.29, 0.717) is 12.5 Å². The van der Waals surface area contributed by atoms with Crippen LogP contribution in [-0.2, 0) is 4.79 Å². The number of benzene rings is 1. The summed E-state index contributed by atoms with van der Waals surface area (Å²) < 4.78 is 1.000. The van der Waals surface area contributed by atoms with Crippen LogP contribution in [0, 0.1) is 5.41 Å². The van der Waals surface area contributed by atoms with Gasteiger partial charge in [-0.2, -0.15) is 0 Å². The topological polar surface area (TPSA) is 66.9 Å². The standard InChI is InChI=1S/C17H23BrN4O/c1-16(2,3)14(23)20-10-17(4,5)22-15-19-9-11-8-12(18)6-7-13(11)21-15/h6-9H,10H2,1-5H3,(H,20,23)(H,19,21,22). The van der Waals surface area contributed by atoms with Gasteiger partial charge in [-0.1, -0.05) is 36.7 Å². The third kappa shape index (κ3) is 4.89. The van der Waals surface area contributed by atoms with E-state index in [1.165, 1.54) is 0 Å². The highest BCUT2D eigenvalue weighted by Gasteiger charge is 2.25. The molecule has 0 aliphatic rings. The molecule has 2 aromatic rings. The number of aromatic nitrogens is 2. The van der Waals surface area contributed by atoms with Gasteiger partial charge in [-0.3, -0.25) is 4.79 Å². The first-order valence-corrected chi connectivity index (χ1v) is 8.35. The lowest BCUT2D eigenvalue weighted by Gasteiger charge is -2.28.